The van der Waals surface area contributed by atoms with Gasteiger partial charge < -0.3 is 9.88 Å². The van der Waals surface area contributed by atoms with E-state index in [0.717, 1.165) is 21.9 Å². The van der Waals surface area contributed by atoms with Gasteiger partial charge in [-0.15, -0.1) is 11.3 Å². The van der Waals surface area contributed by atoms with Crippen molar-refractivity contribution in [3.8, 4) is 10.7 Å². The molecule has 0 radical (unpaired) electrons. The third-order valence-electron chi connectivity index (χ3n) is 3.94. The molecule has 4 rings (SSSR count). The molecule has 1 N–H and O–H groups in total. The maximum absolute atomic E-state index is 12.3. The molecule has 0 aliphatic rings. The SMILES string of the molecule is Cn1c(-c2nc(C(=O)Nc3ccccc3)cs2)cc2ccccc21. The average Bonchev–Trinajstić information content (AvgIpc) is 3.21. The van der Waals surface area contributed by atoms with E-state index in [1.807, 2.05) is 49.5 Å². The van der Waals surface area contributed by atoms with Gasteiger partial charge in [-0.1, -0.05) is 36.4 Å². The molecule has 0 unspecified atom stereocenters. The quantitative estimate of drug-likeness (QED) is 0.598. The summed E-state index contributed by atoms with van der Waals surface area (Å²) in [5.74, 6) is -0.192. The van der Waals surface area contributed by atoms with Crippen molar-refractivity contribution in [2.45, 2.75) is 0 Å². The number of rotatable bonds is 3. The van der Waals surface area contributed by atoms with Crippen LogP contribution in [0.1, 0.15) is 10.5 Å². The van der Waals surface area contributed by atoms with Crippen molar-refractivity contribution in [3.05, 3.63) is 71.7 Å². The van der Waals surface area contributed by atoms with Crippen LogP contribution in [0.3, 0.4) is 0 Å². The number of nitrogens with one attached hydrogen (secondary N) is 1. The second kappa shape index (κ2) is 5.94. The number of anilines is 1. The zero-order chi connectivity index (χ0) is 16.5. The molecule has 5 heteroatoms. The molecule has 0 aliphatic heterocycles. The van der Waals surface area contributed by atoms with Gasteiger partial charge in [0.05, 0.1) is 5.69 Å². The normalized spacial score (nSPS) is 10.9. The van der Waals surface area contributed by atoms with Crippen molar-refractivity contribution in [3.63, 3.8) is 0 Å². The van der Waals surface area contributed by atoms with Crippen LogP contribution in [-0.4, -0.2) is 15.5 Å². The largest absolute Gasteiger partial charge is 0.342 e. The van der Waals surface area contributed by atoms with Crippen LogP contribution >= 0.6 is 11.3 Å². The number of aromatic nitrogens is 2. The van der Waals surface area contributed by atoms with Gasteiger partial charge in [0, 0.05) is 29.0 Å². The number of nitrogens with zero attached hydrogens (tertiary/aromatic N) is 2. The Kier molecular flexibility index (Phi) is 3.63. The minimum absolute atomic E-state index is 0.192. The number of benzene rings is 2. The maximum atomic E-state index is 12.3. The average molecular weight is 333 g/mol. The second-order valence-corrected chi connectivity index (χ2v) is 6.36. The third kappa shape index (κ3) is 2.59. The van der Waals surface area contributed by atoms with Crippen LogP contribution in [0.2, 0.25) is 0 Å². The van der Waals surface area contributed by atoms with Gasteiger partial charge in [0.25, 0.3) is 5.91 Å². The molecule has 4 aromatic rings. The first-order chi connectivity index (χ1) is 11.7. The third-order valence-corrected chi connectivity index (χ3v) is 4.80. The molecule has 0 saturated heterocycles. The van der Waals surface area contributed by atoms with Crippen molar-refractivity contribution in [1.29, 1.82) is 0 Å². The summed E-state index contributed by atoms with van der Waals surface area (Å²) in [6.45, 7) is 0. The zero-order valence-corrected chi connectivity index (χ0v) is 13.9. The monoisotopic (exact) mass is 333 g/mol. The van der Waals surface area contributed by atoms with E-state index >= 15 is 0 Å². The molecule has 0 atom stereocenters. The van der Waals surface area contributed by atoms with Crippen LogP contribution in [0, 0.1) is 0 Å². The lowest BCUT2D eigenvalue weighted by Gasteiger charge is -2.02. The van der Waals surface area contributed by atoms with E-state index in [4.69, 9.17) is 0 Å². The van der Waals surface area contributed by atoms with Gasteiger partial charge in [-0.05, 0) is 24.3 Å². The summed E-state index contributed by atoms with van der Waals surface area (Å²) in [6.07, 6.45) is 0. The van der Waals surface area contributed by atoms with E-state index in [1.54, 1.807) is 5.38 Å². The lowest BCUT2D eigenvalue weighted by atomic mass is 10.2. The molecule has 0 fully saturated rings. The van der Waals surface area contributed by atoms with Crippen LogP contribution < -0.4 is 5.32 Å². The van der Waals surface area contributed by atoms with E-state index in [-0.39, 0.29) is 5.91 Å². The van der Waals surface area contributed by atoms with Crippen molar-refractivity contribution in [2.75, 3.05) is 5.32 Å². The van der Waals surface area contributed by atoms with Gasteiger partial charge in [-0.25, -0.2) is 4.98 Å². The standard InChI is InChI=1S/C19H15N3OS/c1-22-16-10-6-5-7-13(16)11-17(22)19-21-15(12-24-19)18(23)20-14-8-3-2-4-9-14/h2-12H,1H3,(H,20,23). The highest BCUT2D eigenvalue weighted by Crippen LogP contribution is 2.29. The Bertz CT molecular complexity index is 1020. The van der Waals surface area contributed by atoms with Crippen molar-refractivity contribution < 1.29 is 4.79 Å². The van der Waals surface area contributed by atoms with Crippen LogP contribution in [0.4, 0.5) is 5.69 Å². The van der Waals surface area contributed by atoms with Crippen LogP contribution in [-0.2, 0) is 7.05 Å². The van der Waals surface area contributed by atoms with Crippen LogP contribution in [0.5, 0.6) is 0 Å². The first-order valence-electron chi connectivity index (χ1n) is 7.59. The summed E-state index contributed by atoms with van der Waals surface area (Å²) in [5.41, 5.74) is 3.36. The molecule has 2 aromatic carbocycles. The van der Waals surface area contributed by atoms with Crippen molar-refractivity contribution in [1.82, 2.24) is 9.55 Å². The maximum Gasteiger partial charge on any atom is 0.275 e. The molecule has 2 heterocycles. The van der Waals surface area contributed by atoms with Gasteiger partial charge in [0.2, 0.25) is 0 Å². The summed E-state index contributed by atoms with van der Waals surface area (Å²) >= 11 is 1.48. The minimum Gasteiger partial charge on any atom is -0.342 e. The smallest absolute Gasteiger partial charge is 0.275 e. The Morgan fingerprint density at radius 2 is 1.83 bits per heavy atom. The molecule has 118 valence electrons. The van der Waals surface area contributed by atoms with Gasteiger partial charge >= 0.3 is 0 Å². The number of hydrogen-bond acceptors (Lipinski definition) is 3. The molecule has 1 amide bonds. The van der Waals surface area contributed by atoms with E-state index in [1.165, 1.54) is 16.7 Å². The molecule has 0 aliphatic carbocycles. The predicted molar refractivity (Wildman–Crippen MR) is 98.4 cm³/mol. The van der Waals surface area contributed by atoms with Gasteiger partial charge in [0.15, 0.2) is 0 Å². The number of amides is 1. The highest BCUT2D eigenvalue weighted by atomic mass is 32.1. The summed E-state index contributed by atoms with van der Waals surface area (Å²) < 4.78 is 2.10. The fourth-order valence-corrected chi connectivity index (χ4v) is 3.56. The second-order valence-electron chi connectivity index (χ2n) is 5.51. The Morgan fingerprint density at radius 1 is 1.08 bits per heavy atom. The highest BCUT2D eigenvalue weighted by molar-refractivity contribution is 7.13. The fourth-order valence-electron chi connectivity index (χ4n) is 2.71. The van der Waals surface area contributed by atoms with Crippen LogP contribution in [0.25, 0.3) is 21.6 Å². The van der Waals surface area contributed by atoms with Crippen molar-refractivity contribution in [2.24, 2.45) is 7.05 Å². The molecule has 0 spiro atoms. The molecule has 4 nitrogen and oxygen atoms in total. The summed E-state index contributed by atoms with van der Waals surface area (Å²) in [5, 5.41) is 6.67. The zero-order valence-electron chi connectivity index (χ0n) is 13.1. The Hall–Kier alpha value is -2.92. The first kappa shape index (κ1) is 14.7. The summed E-state index contributed by atoms with van der Waals surface area (Å²) in [6, 6.07) is 19.7. The number of fused-ring (bicyclic) bond motifs is 1. The minimum atomic E-state index is -0.192. The predicted octanol–water partition coefficient (Wildman–Crippen LogP) is 4.55. The Labute approximate surface area is 143 Å². The molecule has 0 bridgehead atoms. The number of aryl methyl sites for hydroxylation is 1. The molecular formula is C19H15N3OS. The topological polar surface area (TPSA) is 46.9 Å². The first-order valence-corrected chi connectivity index (χ1v) is 8.47. The van der Waals surface area contributed by atoms with E-state index in [9.17, 15) is 4.79 Å². The molecule has 0 saturated carbocycles. The van der Waals surface area contributed by atoms with Gasteiger partial charge in [-0.2, -0.15) is 0 Å². The van der Waals surface area contributed by atoms with Crippen molar-refractivity contribution >= 4 is 33.8 Å². The van der Waals surface area contributed by atoms with Crippen LogP contribution in [0.15, 0.2) is 66.0 Å². The number of para-hydroxylation sites is 2. The lowest BCUT2D eigenvalue weighted by molar-refractivity contribution is 0.102. The molecular weight excluding hydrogens is 318 g/mol. The summed E-state index contributed by atoms with van der Waals surface area (Å²) in [4.78, 5) is 16.9. The van der Waals surface area contributed by atoms with Gasteiger partial charge in [0.1, 0.15) is 10.7 Å². The lowest BCUT2D eigenvalue weighted by Crippen LogP contribution is -2.12. The fraction of sp³-hybridized carbons (Fsp3) is 0.0526. The number of carbonyl (C=O) groups excluding carboxylic acids is 1. The van der Waals surface area contributed by atoms with E-state index < -0.39 is 0 Å². The van der Waals surface area contributed by atoms with E-state index in [0.29, 0.717) is 5.69 Å². The number of carbonyl (C=O) groups is 1. The number of thiazole rings is 1. The highest BCUT2D eigenvalue weighted by Gasteiger charge is 2.15. The van der Waals surface area contributed by atoms with E-state index in [2.05, 4.69) is 33.1 Å². The van der Waals surface area contributed by atoms with Gasteiger partial charge in [-0.3, -0.25) is 4.79 Å². The number of hydrogen-bond donors (Lipinski definition) is 1. The molecule has 24 heavy (non-hydrogen) atoms. The molecule has 2 aromatic heterocycles. The Balaban J connectivity index is 1.64. The Morgan fingerprint density at radius 3 is 2.62 bits per heavy atom. The summed E-state index contributed by atoms with van der Waals surface area (Å²) in [7, 11) is 2.02.